The Morgan fingerprint density at radius 1 is 1.00 bits per heavy atom. The van der Waals surface area contributed by atoms with Crippen LogP contribution in [0.25, 0.3) is 0 Å². The number of carbonyl (C=O) groups excluding carboxylic acids is 1. The summed E-state index contributed by atoms with van der Waals surface area (Å²) < 4.78 is 46.6. The van der Waals surface area contributed by atoms with Gasteiger partial charge in [-0.05, 0) is 35.9 Å². The first-order valence-electron chi connectivity index (χ1n) is 10.7. The van der Waals surface area contributed by atoms with Gasteiger partial charge in [0.15, 0.2) is 4.90 Å². The molecule has 1 atom stereocenters. The Balaban J connectivity index is 1.62. The normalized spacial score (nSPS) is 16.8. The zero-order valence-corrected chi connectivity index (χ0v) is 19.3. The van der Waals surface area contributed by atoms with Crippen molar-refractivity contribution in [1.29, 1.82) is 0 Å². The van der Waals surface area contributed by atoms with Crippen LogP contribution in [0.4, 0.5) is 10.1 Å². The van der Waals surface area contributed by atoms with Crippen molar-refractivity contribution in [3.05, 3.63) is 100 Å². The number of benzene rings is 3. The molecule has 9 nitrogen and oxygen atoms in total. The summed E-state index contributed by atoms with van der Waals surface area (Å²) in [7, 11) is -4.35. The lowest BCUT2D eigenvalue weighted by molar-refractivity contribution is -0.387. The molecule has 0 bridgehead atoms. The van der Waals surface area contributed by atoms with E-state index in [2.05, 4.69) is 0 Å². The van der Waals surface area contributed by atoms with E-state index in [0.717, 1.165) is 22.0 Å². The van der Waals surface area contributed by atoms with E-state index in [4.69, 9.17) is 4.74 Å². The van der Waals surface area contributed by atoms with Crippen LogP contribution >= 0.6 is 0 Å². The largest absolute Gasteiger partial charge is 0.491 e. The fourth-order valence-electron chi connectivity index (χ4n) is 3.86. The van der Waals surface area contributed by atoms with E-state index in [-0.39, 0.29) is 19.7 Å². The monoisotopic (exact) mass is 499 g/mol. The van der Waals surface area contributed by atoms with Crippen molar-refractivity contribution >= 4 is 21.6 Å². The summed E-state index contributed by atoms with van der Waals surface area (Å²) in [6.45, 7) is -0.425. The van der Waals surface area contributed by atoms with Crippen molar-refractivity contribution in [3.8, 4) is 5.75 Å². The third-order valence-electron chi connectivity index (χ3n) is 5.62. The van der Waals surface area contributed by atoms with E-state index < -0.39 is 49.8 Å². The molecule has 1 aliphatic heterocycles. The molecule has 1 heterocycles. The minimum absolute atomic E-state index is 0.0624. The van der Waals surface area contributed by atoms with Gasteiger partial charge in [0.05, 0.1) is 17.5 Å². The fraction of sp³-hybridized carbons (Fsp3) is 0.208. The molecular formula is C24H22FN3O6S. The number of rotatable bonds is 8. The Kier molecular flexibility index (Phi) is 7.08. The number of hydrogen-bond acceptors (Lipinski definition) is 6. The van der Waals surface area contributed by atoms with Crippen molar-refractivity contribution < 1.29 is 27.3 Å². The van der Waals surface area contributed by atoms with E-state index in [1.807, 2.05) is 30.3 Å². The lowest BCUT2D eigenvalue weighted by atomic mass is 10.1. The maximum Gasteiger partial charge on any atom is 0.289 e. The van der Waals surface area contributed by atoms with Gasteiger partial charge in [0.25, 0.3) is 5.69 Å². The summed E-state index contributed by atoms with van der Waals surface area (Å²) in [5.41, 5.74) is 0.286. The highest BCUT2D eigenvalue weighted by Gasteiger charge is 2.41. The molecule has 1 saturated heterocycles. The van der Waals surface area contributed by atoms with Crippen molar-refractivity contribution in [1.82, 2.24) is 9.21 Å². The zero-order chi connectivity index (χ0) is 25.0. The maximum absolute atomic E-state index is 13.3. The second kappa shape index (κ2) is 10.2. The Hall–Kier alpha value is -3.83. The van der Waals surface area contributed by atoms with Crippen molar-refractivity contribution in [2.45, 2.75) is 17.5 Å². The number of nitrogens with zero attached hydrogens (tertiary/aromatic N) is 3. The standard InChI is InChI=1S/C24H22FN3O6S/c25-19-10-12-21(13-11-19)34-17-20-15-26(16-24(29)27(20)14-18-6-2-1-3-7-18)35(32,33)23-9-5-4-8-22(23)28(30)31/h1-13,20H,14-17H2/t20-/m1/s1. The molecule has 3 aromatic carbocycles. The smallest absolute Gasteiger partial charge is 0.289 e. The second-order valence-corrected chi connectivity index (χ2v) is 9.85. The number of para-hydroxylation sites is 1. The fourth-order valence-corrected chi connectivity index (χ4v) is 5.44. The molecule has 4 rings (SSSR count). The highest BCUT2D eigenvalue weighted by Crippen LogP contribution is 2.29. The average molecular weight is 500 g/mol. The number of amides is 1. The lowest BCUT2D eigenvalue weighted by Gasteiger charge is -2.40. The topological polar surface area (TPSA) is 110 Å². The predicted octanol–water partition coefficient (Wildman–Crippen LogP) is 3.21. The maximum atomic E-state index is 13.3. The Labute approximate surface area is 201 Å². The molecule has 35 heavy (non-hydrogen) atoms. The van der Waals surface area contributed by atoms with Gasteiger partial charge in [-0.2, -0.15) is 4.31 Å². The average Bonchev–Trinajstić information content (AvgIpc) is 2.85. The molecular weight excluding hydrogens is 477 g/mol. The van der Waals surface area contributed by atoms with Gasteiger partial charge in [0.1, 0.15) is 18.2 Å². The van der Waals surface area contributed by atoms with Crippen LogP contribution in [0.1, 0.15) is 5.56 Å². The first-order valence-corrected chi connectivity index (χ1v) is 12.1. The van der Waals surface area contributed by atoms with Gasteiger partial charge < -0.3 is 9.64 Å². The number of hydrogen-bond donors (Lipinski definition) is 0. The number of piperazine rings is 1. The molecule has 3 aromatic rings. The van der Waals surface area contributed by atoms with Crippen LogP contribution in [0.3, 0.4) is 0 Å². The molecule has 0 unspecified atom stereocenters. The van der Waals surface area contributed by atoms with Crippen LogP contribution in [0.2, 0.25) is 0 Å². The SMILES string of the molecule is O=C1CN(S(=O)(=O)c2ccccc2[N+](=O)[O-])C[C@H](COc2ccc(F)cc2)N1Cc1ccccc1. The van der Waals surface area contributed by atoms with E-state index in [9.17, 15) is 27.7 Å². The van der Waals surface area contributed by atoms with Gasteiger partial charge >= 0.3 is 0 Å². The number of nitro groups is 1. The third kappa shape index (κ3) is 5.47. The van der Waals surface area contributed by atoms with Crippen LogP contribution < -0.4 is 4.74 Å². The third-order valence-corrected chi connectivity index (χ3v) is 7.48. The summed E-state index contributed by atoms with van der Waals surface area (Å²) in [5.74, 6) is -0.537. The number of sulfonamides is 1. The number of halogens is 1. The highest BCUT2D eigenvalue weighted by molar-refractivity contribution is 7.89. The van der Waals surface area contributed by atoms with Gasteiger partial charge in [-0.15, -0.1) is 0 Å². The zero-order valence-electron chi connectivity index (χ0n) is 18.5. The number of ether oxygens (including phenoxy) is 1. The van der Waals surface area contributed by atoms with Crippen molar-refractivity contribution in [2.75, 3.05) is 19.7 Å². The van der Waals surface area contributed by atoms with Gasteiger partial charge in [-0.25, -0.2) is 12.8 Å². The van der Waals surface area contributed by atoms with Crippen molar-refractivity contribution in [2.24, 2.45) is 0 Å². The Bertz CT molecular complexity index is 1320. The van der Waals surface area contributed by atoms with Crippen molar-refractivity contribution in [3.63, 3.8) is 0 Å². The molecule has 11 heteroatoms. The first kappa shape index (κ1) is 24.3. The van der Waals surface area contributed by atoms with E-state index in [1.54, 1.807) is 0 Å². The molecule has 0 N–H and O–H groups in total. The van der Waals surface area contributed by atoms with Gasteiger partial charge in [0, 0.05) is 19.2 Å². The Morgan fingerprint density at radius 2 is 1.66 bits per heavy atom. The summed E-state index contributed by atoms with van der Waals surface area (Å²) >= 11 is 0. The molecule has 0 aromatic heterocycles. The predicted molar refractivity (Wildman–Crippen MR) is 125 cm³/mol. The Morgan fingerprint density at radius 3 is 2.34 bits per heavy atom. The molecule has 1 aliphatic rings. The summed E-state index contributed by atoms with van der Waals surface area (Å²) in [5, 5.41) is 11.4. The molecule has 0 saturated carbocycles. The molecule has 1 fully saturated rings. The summed E-state index contributed by atoms with van der Waals surface area (Å²) in [4.78, 5) is 24.9. The van der Waals surface area contributed by atoms with E-state index >= 15 is 0 Å². The van der Waals surface area contributed by atoms with Gasteiger partial charge in [0.2, 0.25) is 15.9 Å². The molecule has 182 valence electrons. The highest BCUT2D eigenvalue weighted by atomic mass is 32.2. The van der Waals surface area contributed by atoms with Crippen LogP contribution in [-0.4, -0.2) is 54.2 Å². The first-order chi connectivity index (χ1) is 16.8. The molecule has 0 radical (unpaired) electrons. The van der Waals surface area contributed by atoms with Gasteiger partial charge in [-0.3, -0.25) is 14.9 Å². The number of nitro benzene ring substituents is 1. The minimum Gasteiger partial charge on any atom is -0.491 e. The van der Waals surface area contributed by atoms with Crippen LogP contribution in [0, 0.1) is 15.9 Å². The lowest BCUT2D eigenvalue weighted by Crippen LogP contribution is -2.59. The quantitative estimate of drug-likeness (QED) is 0.348. The van der Waals surface area contributed by atoms with E-state index in [1.165, 1.54) is 41.3 Å². The number of carbonyl (C=O) groups is 1. The molecule has 0 aliphatic carbocycles. The minimum atomic E-state index is -4.35. The van der Waals surface area contributed by atoms with Crippen LogP contribution in [-0.2, 0) is 21.4 Å². The van der Waals surface area contributed by atoms with E-state index in [0.29, 0.717) is 5.75 Å². The summed E-state index contributed by atoms with van der Waals surface area (Å²) in [6, 6.07) is 18.9. The van der Waals surface area contributed by atoms with Crippen LogP contribution in [0.5, 0.6) is 5.75 Å². The molecule has 0 spiro atoms. The van der Waals surface area contributed by atoms with Crippen LogP contribution in [0.15, 0.2) is 83.8 Å². The summed E-state index contributed by atoms with van der Waals surface area (Å²) in [6.07, 6.45) is 0. The van der Waals surface area contributed by atoms with Gasteiger partial charge in [-0.1, -0.05) is 42.5 Å². The molecule has 1 amide bonds. The second-order valence-electron chi connectivity index (χ2n) is 7.95.